The number of carboxylic acid groups (broad SMARTS) is 1. The second-order valence-electron chi connectivity index (χ2n) is 4.70. The van der Waals surface area contributed by atoms with Crippen LogP contribution in [0.4, 0.5) is 8.78 Å². The molecule has 0 aromatic carbocycles. The molecule has 1 heterocycles. The maximum absolute atomic E-state index is 13.1. The zero-order valence-corrected chi connectivity index (χ0v) is 10.5. The number of aromatic nitrogens is 1. The smallest absolute Gasteiger partial charge is 0.373 e. The number of carboxylic acids is 1. The topological polar surface area (TPSA) is 72.6 Å². The lowest BCUT2D eigenvalue weighted by Crippen LogP contribution is -2.23. The molecule has 0 saturated heterocycles. The van der Waals surface area contributed by atoms with Crippen LogP contribution in [-0.4, -0.2) is 29.1 Å². The molecule has 0 radical (unpaired) electrons. The molecule has 1 fully saturated rings. The molecular weight excluding hydrogens is 260 g/mol. The summed E-state index contributed by atoms with van der Waals surface area (Å²) in [5.41, 5.74) is 0.197. The van der Waals surface area contributed by atoms with Crippen LogP contribution >= 0.6 is 0 Å². The highest BCUT2D eigenvalue weighted by Crippen LogP contribution is 2.40. The molecule has 0 amide bonds. The van der Waals surface area contributed by atoms with E-state index in [1.165, 1.54) is 7.11 Å². The number of nitrogens with zero attached hydrogens (tertiary/aromatic N) is 1. The zero-order chi connectivity index (χ0) is 14.0. The van der Waals surface area contributed by atoms with Crippen molar-refractivity contribution in [2.75, 3.05) is 7.11 Å². The second kappa shape index (κ2) is 5.24. The number of aromatic carboxylic acids is 1. The van der Waals surface area contributed by atoms with Gasteiger partial charge in [-0.1, -0.05) is 0 Å². The van der Waals surface area contributed by atoms with Crippen molar-refractivity contribution in [1.82, 2.24) is 4.98 Å². The van der Waals surface area contributed by atoms with E-state index in [1.54, 1.807) is 0 Å². The minimum atomic E-state index is -2.63. The first-order valence-electron chi connectivity index (χ1n) is 6.02. The summed E-state index contributed by atoms with van der Waals surface area (Å²) in [5, 5.41) is 8.98. The van der Waals surface area contributed by atoms with E-state index < -0.39 is 11.9 Å². The molecule has 0 atom stereocenters. The fourth-order valence-electron chi connectivity index (χ4n) is 2.23. The monoisotopic (exact) mass is 275 g/mol. The summed E-state index contributed by atoms with van der Waals surface area (Å²) in [7, 11) is 1.42. The summed E-state index contributed by atoms with van der Waals surface area (Å²) >= 11 is 0. The van der Waals surface area contributed by atoms with Crippen LogP contribution in [0, 0.1) is 0 Å². The van der Waals surface area contributed by atoms with E-state index in [4.69, 9.17) is 14.3 Å². The molecule has 1 N–H and O–H groups in total. The quantitative estimate of drug-likeness (QED) is 0.914. The predicted octanol–water partition coefficient (Wildman–Crippen LogP) is 2.81. The van der Waals surface area contributed by atoms with Crippen LogP contribution < -0.4 is 0 Å². The maximum Gasteiger partial charge on any atom is 0.373 e. The molecule has 1 aromatic heterocycles. The number of ether oxygens (including phenoxy) is 1. The highest BCUT2D eigenvalue weighted by molar-refractivity contribution is 5.85. The van der Waals surface area contributed by atoms with E-state index in [0.717, 1.165) is 0 Å². The SMILES string of the molecule is COCc1nc(C2CCC(F)(F)CC2)oc1C(=O)O. The number of carbonyl (C=O) groups is 1. The van der Waals surface area contributed by atoms with E-state index in [2.05, 4.69) is 4.98 Å². The normalized spacial score (nSPS) is 19.5. The lowest BCUT2D eigenvalue weighted by molar-refractivity contribution is -0.0399. The number of oxazole rings is 1. The Morgan fingerprint density at radius 3 is 2.68 bits per heavy atom. The summed E-state index contributed by atoms with van der Waals surface area (Å²) < 4.78 is 36.2. The first kappa shape index (κ1) is 13.9. The standard InChI is InChI=1S/C12H15F2NO4/c1-18-6-8-9(11(16)17)19-10(15-8)7-2-4-12(13,14)5-3-7/h7H,2-6H2,1H3,(H,16,17). The Morgan fingerprint density at radius 1 is 1.53 bits per heavy atom. The largest absolute Gasteiger partial charge is 0.475 e. The van der Waals surface area contributed by atoms with Gasteiger partial charge in [0.05, 0.1) is 6.61 Å². The van der Waals surface area contributed by atoms with Gasteiger partial charge in [0.25, 0.3) is 0 Å². The van der Waals surface area contributed by atoms with Gasteiger partial charge in [0, 0.05) is 25.9 Å². The van der Waals surface area contributed by atoms with Crippen molar-refractivity contribution in [3.8, 4) is 0 Å². The average Bonchev–Trinajstić information content (AvgIpc) is 2.73. The van der Waals surface area contributed by atoms with Crippen molar-refractivity contribution >= 4 is 5.97 Å². The van der Waals surface area contributed by atoms with Crippen molar-refractivity contribution in [3.63, 3.8) is 0 Å². The van der Waals surface area contributed by atoms with E-state index in [1.807, 2.05) is 0 Å². The molecule has 5 nitrogen and oxygen atoms in total. The van der Waals surface area contributed by atoms with Gasteiger partial charge >= 0.3 is 5.97 Å². The first-order valence-corrected chi connectivity index (χ1v) is 6.02. The molecule has 19 heavy (non-hydrogen) atoms. The lowest BCUT2D eigenvalue weighted by atomic mass is 9.87. The minimum absolute atomic E-state index is 0.0218. The number of methoxy groups -OCH3 is 1. The van der Waals surface area contributed by atoms with Gasteiger partial charge in [-0.15, -0.1) is 0 Å². The van der Waals surface area contributed by atoms with Crippen LogP contribution in [0.25, 0.3) is 0 Å². The van der Waals surface area contributed by atoms with Gasteiger partial charge < -0.3 is 14.3 Å². The highest BCUT2D eigenvalue weighted by atomic mass is 19.3. The van der Waals surface area contributed by atoms with Gasteiger partial charge in [-0.2, -0.15) is 0 Å². The molecule has 1 saturated carbocycles. The van der Waals surface area contributed by atoms with Gasteiger partial charge in [0.15, 0.2) is 5.89 Å². The molecule has 1 aliphatic rings. The van der Waals surface area contributed by atoms with Gasteiger partial charge in [-0.3, -0.25) is 0 Å². The van der Waals surface area contributed by atoms with Crippen LogP contribution in [0.1, 0.15) is 53.7 Å². The fraction of sp³-hybridized carbons (Fsp3) is 0.667. The van der Waals surface area contributed by atoms with E-state index in [0.29, 0.717) is 0 Å². The molecule has 2 rings (SSSR count). The molecular formula is C12H15F2NO4. The van der Waals surface area contributed by atoms with Crippen molar-refractivity contribution in [2.45, 2.75) is 44.1 Å². The Labute approximate surface area is 108 Å². The van der Waals surface area contributed by atoms with Crippen molar-refractivity contribution in [3.05, 3.63) is 17.3 Å². The third-order valence-corrected chi connectivity index (χ3v) is 3.26. The summed E-state index contributed by atoms with van der Waals surface area (Å²) in [6.07, 6.45) is 0.0577. The van der Waals surface area contributed by atoms with E-state index in [9.17, 15) is 13.6 Å². The van der Waals surface area contributed by atoms with Gasteiger partial charge in [0.1, 0.15) is 5.69 Å². The van der Waals surface area contributed by atoms with Crippen molar-refractivity contribution in [1.29, 1.82) is 0 Å². The molecule has 0 bridgehead atoms. The summed E-state index contributed by atoms with van der Waals surface area (Å²) in [6, 6.07) is 0. The molecule has 0 spiro atoms. The fourth-order valence-corrected chi connectivity index (χ4v) is 2.23. The lowest BCUT2D eigenvalue weighted by Gasteiger charge is -2.26. The van der Waals surface area contributed by atoms with Crippen molar-refractivity contribution < 1.29 is 27.8 Å². The minimum Gasteiger partial charge on any atom is -0.475 e. The Morgan fingerprint density at radius 2 is 2.16 bits per heavy atom. The van der Waals surface area contributed by atoms with Gasteiger partial charge in [-0.05, 0) is 12.8 Å². The van der Waals surface area contributed by atoms with Gasteiger partial charge in [-0.25, -0.2) is 18.6 Å². The summed E-state index contributed by atoms with van der Waals surface area (Å²) in [6.45, 7) is 0.0218. The Hall–Kier alpha value is -1.50. The zero-order valence-electron chi connectivity index (χ0n) is 10.5. The number of alkyl halides is 2. The molecule has 0 unspecified atom stereocenters. The van der Waals surface area contributed by atoms with Crippen LogP contribution in [-0.2, 0) is 11.3 Å². The van der Waals surface area contributed by atoms with Crippen LogP contribution in [0.2, 0.25) is 0 Å². The predicted molar refractivity (Wildman–Crippen MR) is 60.3 cm³/mol. The van der Waals surface area contributed by atoms with Crippen molar-refractivity contribution in [2.24, 2.45) is 0 Å². The molecule has 7 heteroatoms. The average molecular weight is 275 g/mol. The summed E-state index contributed by atoms with van der Waals surface area (Å²) in [4.78, 5) is 15.1. The van der Waals surface area contributed by atoms with Crippen LogP contribution in [0.3, 0.4) is 0 Å². The highest BCUT2D eigenvalue weighted by Gasteiger charge is 2.37. The number of hydrogen-bond acceptors (Lipinski definition) is 4. The third kappa shape index (κ3) is 3.09. The van der Waals surface area contributed by atoms with Crippen LogP contribution in [0.15, 0.2) is 4.42 Å². The first-order chi connectivity index (χ1) is 8.93. The Kier molecular flexibility index (Phi) is 3.84. The van der Waals surface area contributed by atoms with Crippen LogP contribution in [0.5, 0.6) is 0 Å². The summed E-state index contributed by atoms with van der Waals surface area (Å²) in [5.74, 6) is -4.15. The number of hydrogen-bond donors (Lipinski definition) is 1. The van der Waals surface area contributed by atoms with E-state index >= 15 is 0 Å². The maximum atomic E-state index is 13.1. The van der Waals surface area contributed by atoms with Gasteiger partial charge in [0.2, 0.25) is 11.7 Å². The molecule has 106 valence electrons. The molecule has 1 aromatic rings. The second-order valence-corrected chi connectivity index (χ2v) is 4.70. The Bertz CT molecular complexity index is 462. The Balaban J connectivity index is 2.17. The number of rotatable bonds is 4. The molecule has 0 aliphatic heterocycles. The number of halogens is 2. The molecule has 1 aliphatic carbocycles. The third-order valence-electron chi connectivity index (χ3n) is 3.26. The van der Waals surface area contributed by atoms with E-state index in [-0.39, 0.29) is 55.6 Å².